The van der Waals surface area contributed by atoms with Crippen molar-refractivity contribution in [1.29, 1.82) is 0 Å². The van der Waals surface area contributed by atoms with Crippen molar-refractivity contribution in [3.8, 4) is 0 Å². The molecule has 0 atom stereocenters. The fourth-order valence-corrected chi connectivity index (χ4v) is 1.38. The zero-order valence-corrected chi connectivity index (χ0v) is 11.3. The largest absolute Gasteiger partial charge is 0.389 e. The summed E-state index contributed by atoms with van der Waals surface area (Å²) in [4.78, 5) is 23.1. The molecule has 2 amide bonds. The zero-order valence-electron chi connectivity index (χ0n) is 11.3. The van der Waals surface area contributed by atoms with Gasteiger partial charge >= 0.3 is 0 Å². The van der Waals surface area contributed by atoms with Crippen LogP contribution < -0.4 is 10.6 Å². The first kappa shape index (κ1) is 15.2. The van der Waals surface area contributed by atoms with Crippen LogP contribution in [0.5, 0.6) is 0 Å². The molecule has 0 spiro atoms. The highest BCUT2D eigenvalue weighted by Gasteiger charge is 2.13. The van der Waals surface area contributed by atoms with Crippen LogP contribution in [0.1, 0.15) is 30.6 Å². The lowest BCUT2D eigenvalue weighted by Crippen LogP contribution is -2.39. The predicted octanol–water partition coefficient (Wildman–Crippen LogP) is 0.694. The Morgan fingerprint density at radius 1 is 1.16 bits per heavy atom. The fourth-order valence-electron chi connectivity index (χ4n) is 1.38. The summed E-state index contributed by atoms with van der Waals surface area (Å²) in [6, 6.07) is 8.82. The second-order valence-corrected chi connectivity index (χ2v) is 4.96. The Kier molecular flexibility index (Phi) is 5.51. The molecule has 19 heavy (non-hydrogen) atoms. The summed E-state index contributed by atoms with van der Waals surface area (Å²) < 4.78 is 0. The number of rotatable bonds is 6. The molecule has 5 heteroatoms. The Balaban J connectivity index is 2.24. The second-order valence-electron chi connectivity index (χ2n) is 4.96. The first-order chi connectivity index (χ1) is 8.88. The summed E-state index contributed by atoms with van der Waals surface area (Å²) in [6.07, 6.45) is 0.189. The summed E-state index contributed by atoms with van der Waals surface area (Å²) in [7, 11) is 0. The molecule has 0 aromatic heterocycles. The van der Waals surface area contributed by atoms with Crippen LogP contribution in [-0.2, 0) is 4.79 Å². The van der Waals surface area contributed by atoms with E-state index in [2.05, 4.69) is 10.6 Å². The molecule has 0 saturated carbocycles. The van der Waals surface area contributed by atoms with Crippen LogP contribution in [0.3, 0.4) is 0 Å². The zero-order chi connectivity index (χ0) is 14.3. The number of hydrogen-bond donors (Lipinski definition) is 3. The van der Waals surface area contributed by atoms with Crippen molar-refractivity contribution in [1.82, 2.24) is 10.6 Å². The van der Waals surface area contributed by atoms with Crippen LogP contribution in [0, 0.1) is 0 Å². The van der Waals surface area contributed by atoms with Crippen molar-refractivity contribution < 1.29 is 14.7 Å². The molecule has 0 radical (unpaired) electrons. The van der Waals surface area contributed by atoms with Crippen molar-refractivity contribution >= 4 is 11.8 Å². The molecule has 0 saturated heterocycles. The van der Waals surface area contributed by atoms with Gasteiger partial charge in [-0.1, -0.05) is 18.2 Å². The standard InChI is InChI=1S/C14H20N2O3/c1-14(2,19)10-16-12(17)8-9-15-13(18)11-6-4-3-5-7-11/h3-7,19H,8-10H2,1-2H3,(H,15,18)(H,16,17). The average Bonchev–Trinajstić information content (AvgIpc) is 2.36. The molecule has 104 valence electrons. The molecular weight excluding hydrogens is 244 g/mol. The number of nitrogens with one attached hydrogen (secondary N) is 2. The molecule has 0 unspecified atom stereocenters. The van der Waals surface area contributed by atoms with Gasteiger partial charge in [-0.15, -0.1) is 0 Å². The van der Waals surface area contributed by atoms with Gasteiger partial charge in [0.15, 0.2) is 0 Å². The summed E-state index contributed by atoms with van der Waals surface area (Å²) in [6.45, 7) is 3.69. The Hall–Kier alpha value is -1.88. The molecule has 0 heterocycles. The smallest absolute Gasteiger partial charge is 0.251 e. The Morgan fingerprint density at radius 2 is 1.79 bits per heavy atom. The van der Waals surface area contributed by atoms with E-state index in [-0.39, 0.29) is 31.3 Å². The highest BCUT2D eigenvalue weighted by Crippen LogP contribution is 1.98. The van der Waals surface area contributed by atoms with Crippen molar-refractivity contribution in [2.75, 3.05) is 13.1 Å². The van der Waals surface area contributed by atoms with Gasteiger partial charge in [-0.05, 0) is 26.0 Å². The van der Waals surface area contributed by atoms with Crippen LogP contribution in [0.25, 0.3) is 0 Å². The molecular formula is C14H20N2O3. The molecule has 0 fully saturated rings. The number of carbonyl (C=O) groups is 2. The molecule has 5 nitrogen and oxygen atoms in total. The van der Waals surface area contributed by atoms with Gasteiger partial charge in [-0.25, -0.2) is 0 Å². The van der Waals surface area contributed by atoms with E-state index < -0.39 is 5.60 Å². The van der Waals surface area contributed by atoms with Gasteiger partial charge in [-0.2, -0.15) is 0 Å². The summed E-state index contributed by atoms with van der Waals surface area (Å²) in [5, 5.41) is 14.7. The lowest BCUT2D eigenvalue weighted by atomic mass is 10.1. The molecule has 0 aliphatic rings. The van der Waals surface area contributed by atoms with Crippen LogP contribution in [0.2, 0.25) is 0 Å². The second kappa shape index (κ2) is 6.89. The van der Waals surface area contributed by atoms with E-state index in [4.69, 9.17) is 0 Å². The molecule has 3 N–H and O–H groups in total. The van der Waals surface area contributed by atoms with Gasteiger partial charge in [0.05, 0.1) is 5.60 Å². The van der Waals surface area contributed by atoms with Crippen molar-refractivity contribution in [2.24, 2.45) is 0 Å². The van der Waals surface area contributed by atoms with Gasteiger partial charge in [0, 0.05) is 25.1 Å². The summed E-state index contributed by atoms with van der Waals surface area (Å²) in [5.74, 6) is -0.397. The van der Waals surface area contributed by atoms with E-state index in [0.717, 1.165) is 0 Å². The van der Waals surface area contributed by atoms with Crippen LogP contribution >= 0.6 is 0 Å². The minimum Gasteiger partial charge on any atom is -0.389 e. The number of hydrogen-bond acceptors (Lipinski definition) is 3. The summed E-state index contributed by atoms with van der Waals surface area (Å²) in [5.41, 5.74) is -0.359. The maximum Gasteiger partial charge on any atom is 0.251 e. The monoisotopic (exact) mass is 264 g/mol. The van der Waals surface area contributed by atoms with Gasteiger partial charge < -0.3 is 15.7 Å². The fraction of sp³-hybridized carbons (Fsp3) is 0.429. The highest BCUT2D eigenvalue weighted by molar-refractivity contribution is 5.94. The quantitative estimate of drug-likeness (QED) is 0.707. The number of carbonyl (C=O) groups excluding carboxylic acids is 2. The maximum absolute atomic E-state index is 11.7. The summed E-state index contributed by atoms with van der Waals surface area (Å²) >= 11 is 0. The predicted molar refractivity (Wildman–Crippen MR) is 72.7 cm³/mol. The van der Waals surface area contributed by atoms with Gasteiger partial charge in [0.1, 0.15) is 0 Å². The van der Waals surface area contributed by atoms with E-state index in [9.17, 15) is 14.7 Å². The average molecular weight is 264 g/mol. The van der Waals surface area contributed by atoms with Gasteiger partial charge in [0.25, 0.3) is 5.91 Å². The van der Waals surface area contributed by atoms with Crippen LogP contribution in [0.4, 0.5) is 0 Å². The van der Waals surface area contributed by atoms with E-state index in [1.807, 2.05) is 6.07 Å². The Morgan fingerprint density at radius 3 is 2.37 bits per heavy atom. The SMILES string of the molecule is CC(C)(O)CNC(=O)CCNC(=O)c1ccccc1. The highest BCUT2D eigenvalue weighted by atomic mass is 16.3. The molecule has 1 aromatic carbocycles. The lowest BCUT2D eigenvalue weighted by molar-refractivity contribution is -0.121. The van der Waals surface area contributed by atoms with Gasteiger partial charge in [-0.3, -0.25) is 9.59 Å². The van der Waals surface area contributed by atoms with Gasteiger partial charge in [0.2, 0.25) is 5.91 Å². The first-order valence-electron chi connectivity index (χ1n) is 6.21. The lowest BCUT2D eigenvalue weighted by Gasteiger charge is -2.17. The molecule has 1 aromatic rings. The van der Waals surface area contributed by atoms with Crippen molar-refractivity contribution in [3.05, 3.63) is 35.9 Å². The minimum atomic E-state index is -0.928. The number of benzene rings is 1. The first-order valence-corrected chi connectivity index (χ1v) is 6.21. The third kappa shape index (κ3) is 6.57. The third-order valence-corrected chi connectivity index (χ3v) is 2.39. The topological polar surface area (TPSA) is 78.4 Å². The van der Waals surface area contributed by atoms with E-state index in [1.165, 1.54) is 0 Å². The van der Waals surface area contributed by atoms with Crippen LogP contribution in [-0.4, -0.2) is 35.6 Å². The minimum absolute atomic E-state index is 0.189. The normalized spacial score (nSPS) is 10.9. The number of amides is 2. The van der Waals surface area contributed by atoms with E-state index in [0.29, 0.717) is 5.56 Å². The molecule has 0 aliphatic carbocycles. The van der Waals surface area contributed by atoms with E-state index >= 15 is 0 Å². The maximum atomic E-state index is 11.7. The van der Waals surface area contributed by atoms with E-state index in [1.54, 1.807) is 38.1 Å². The van der Waals surface area contributed by atoms with Crippen molar-refractivity contribution in [3.63, 3.8) is 0 Å². The number of aliphatic hydroxyl groups is 1. The Labute approximate surface area is 113 Å². The van der Waals surface area contributed by atoms with Crippen LogP contribution in [0.15, 0.2) is 30.3 Å². The Bertz CT molecular complexity index is 424. The molecule has 1 rings (SSSR count). The molecule has 0 aliphatic heterocycles. The molecule has 0 bridgehead atoms. The third-order valence-electron chi connectivity index (χ3n) is 2.39. The van der Waals surface area contributed by atoms with Crippen molar-refractivity contribution in [2.45, 2.75) is 25.9 Å².